The van der Waals surface area contributed by atoms with Gasteiger partial charge in [0.2, 0.25) is 5.78 Å². The zero-order valence-electron chi connectivity index (χ0n) is 15.9. The number of Topliss-reactive ketones (excluding diaryl/α,β-unsaturated/α-hetero) is 1. The van der Waals surface area contributed by atoms with Gasteiger partial charge in [0, 0.05) is 20.3 Å². The van der Waals surface area contributed by atoms with Crippen LogP contribution in [0.15, 0.2) is 58.4 Å². The van der Waals surface area contributed by atoms with Crippen molar-refractivity contribution in [1.29, 1.82) is 0 Å². The Labute approximate surface area is 163 Å². The monoisotopic (exact) mass is 385 g/mol. The number of carbonyl (C=O) groups excluding carboxylic acids is 2. The average molecular weight is 385 g/mol. The molecule has 0 radical (unpaired) electrons. The molecule has 0 unspecified atom stereocenters. The molecule has 1 amide bonds. The van der Waals surface area contributed by atoms with E-state index in [0.717, 1.165) is 0 Å². The van der Waals surface area contributed by atoms with Crippen LogP contribution in [0.2, 0.25) is 0 Å². The van der Waals surface area contributed by atoms with Gasteiger partial charge in [-0.3, -0.25) is 9.59 Å². The lowest BCUT2D eigenvalue weighted by Gasteiger charge is -2.27. The third-order valence-electron chi connectivity index (χ3n) is 4.53. The third-order valence-corrected chi connectivity index (χ3v) is 4.53. The Morgan fingerprint density at radius 3 is 2.79 bits per heavy atom. The highest BCUT2D eigenvalue weighted by Crippen LogP contribution is 2.40. The molecule has 0 spiro atoms. The molecule has 1 aliphatic rings. The van der Waals surface area contributed by atoms with Gasteiger partial charge in [0.25, 0.3) is 5.91 Å². The number of rotatable bonds is 9. The van der Waals surface area contributed by atoms with E-state index >= 15 is 0 Å². The molecule has 28 heavy (non-hydrogen) atoms. The molecule has 1 N–H and O–H groups in total. The smallest absolute Gasteiger partial charge is 0.290 e. The van der Waals surface area contributed by atoms with Crippen LogP contribution in [0.5, 0.6) is 5.75 Å². The average Bonchev–Trinajstić information content (AvgIpc) is 3.31. The molecule has 2 heterocycles. The first kappa shape index (κ1) is 19.7. The number of hydrogen-bond acceptors (Lipinski definition) is 6. The molecule has 7 heteroatoms. The van der Waals surface area contributed by atoms with Gasteiger partial charge in [-0.25, -0.2) is 0 Å². The molecule has 7 nitrogen and oxygen atoms in total. The number of aliphatic hydroxyl groups is 1. The topological polar surface area (TPSA) is 89.2 Å². The standard InChI is InChI=1S/C21H23NO6/c1-3-27-15-8-4-7-14(13-15)18-17(19(23)16-9-5-12-28-16)20(24)21(25)22(18)10-6-11-26-2/h4-5,7-9,12-13,18,24H,3,6,10-11H2,1-2H3/t18-/m1/s1. The normalized spacial score (nSPS) is 16.7. The van der Waals surface area contributed by atoms with Crippen molar-refractivity contribution in [2.75, 3.05) is 26.9 Å². The zero-order chi connectivity index (χ0) is 20.1. The second-order valence-corrected chi connectivity index (χ2v) is 6.32. The highest BCUT2D eigenvalue weighted by molar-refractivity contribution is 6.15. The summed E-state index contributed by atoms with van der Waals surface area (Å²) in [5.41, 5.74) is 0.682. The number of ketones is 1. The fourth-order valence-corrected chi connectivity index (χ4v) is 3.32. The number of aliphatic hydroxyl groups excluding tert-OH is 1. The molecule has 0 saturated heterocycles. The molecule has 0 fully saturated rings. The molecule has 0 aliphatic carbocycles. The molecule has 0 saturated carbocycles. The number of furan rings is 1. The van der Waals surface area contributed by atoms with Crippen molar-refractivity contribution in [2.24, 2.45) is 0 Å². The number of ether oxygens (including phenoxy) is 2. The van der Waals surface area contributed by atoms with E-state index in [9.17, 15) is 14.7 Å². The third kappa shape index (κ3) is 3.80. The molecule has 2 aromatic rings. The van der Waals surface area contributed by atoms with Crippen LogP contribution >= 0.6 is 0 Å². The summed E-state index contributed by atoms with van der Waals surface area (Å²) in [6, 6.07) is 9.54. The summed E-state index contributed by atoms with van der Waals surface area (Å²) in [6.45, 7) is 3.15. The lowest BCUT2D eigenvalue weighted by Crippen LogP contribution is -2.32. The van der Waals surface area contributed by atoms with Gasteiger partial charge in [-0.05, 0) is 43.2 Å². The van der Waals surface area contributed by atoms with Crippen LogP contribution in [-0.2, 0) is 9.53 Å². The Hall–Kier alpha value is -3.06. The largest absolute Gasteiger partial charge is 0.503 e. The van der Waals surface area contributed by atoms with Gasteiger partial charge < -0.3 is 23.9 Å². The number of hydrogen-bond donors (Lipinski definition) is 1. The Kier molecular flexibility index (Phi) is 6.16. The van der Waals surface area contributed by atoms with Crippen LogP contribution in [-0.4, -0.2) is 48.6 Å². The Balaban J connectivity index is 2.03. The predicted octanol–water partition coefficient (Wildman–Crippen LogP) is 3.29. The highest BCUT2D eigenvalue weighted by Gasteiger charge is 2.44. The van der Waals surface area contributed by atoms with Gasteiger partial charge in [0.1, 0.15) is 5.75 Å². The minimum absolute atomic E-state index is 0.00557. The predicted molar refractivity (Wildman–Crippen MR) is 101 cm³/mol. The second kappa shape index (κ2) is 8.75. The molecule has 1 aromatic heterocycles. The molecule has 148 valence electrons. The van der Waals surface area contributed by atoms with Crippen LogP contribution in [0.25, 0.3) is 0 Å². The van der Waals surface area contributed by atoms with Gasteiger partial charge >= 0.3 is 0 Å². The van der Waals surface area contributed by atoms with E-state index in [0.29, 0.717) is 37.5 Å². The van der Waals surface area contributed by atoms with Crippen molar-refractivity contribution >= 4 is 11.7 Å². The number of amides is 1. The van der Waals surface area contributed by atoms with Crippen LogP contribution in [0.1, 0.15) is 35.5 Å². The molecule has 3 rings (SSSR count). The van der Waals surface area contributed by atoms with E-state index in [1.54, 1.807) is 37.4 Å². The molecule has 0 bridgehead atoms. The summed E-state index contributed by atoms with van der Waals surface area (Å²) in [7, 11) is 1.58. The SMILES string of the molecule is CCOc1cccc([C@@H]2C(C(=O)c3ccco3)=C(O)C(=O)N2CCCOC)c1. The van der Waals surface area contributed by atoms with E-state index in [-0.39, 0.29) is 11.3 Å². The fraction of sp³-hybridized carbons (Fsp3) is 0.333. The summed E-state index contributed by atoms with van der Waals surface area (Å²) in [5.74, 6) is -0.958. The molecule has 1 atom stereocenters. The van der Waals surface area contributed by atoms with Crippen molar-refractivity contribution in [3.63, 3.8) is 0 Å². The van der Waals surface area contributed by atoms with Gasteiger partial charge in [0.15, 0.2) is 11.5 Å². The van der Waals surface area contributed by atoms with Crippen molar-refractivity contribution < 1.29 is 28.6 Å². The van der Waals surface area contributed by atoms with E-state index in [1.165, 1.54) is 17.2 Å². The molecule has 1 aromatic carbocycles. The maximum Gasteiger partial charge on any atom is 0.290 e. The number of methoxy groups -OCH3 is 1. The molecular formula is C21H23NO6. The Morgan fingerprint density at radius 1 is 1.29 bits per heavy atom. The van der Waals surface area contributed by atoms with Gasteiger partial charge in [0.05, 0.1) is 24.5 Å². The Bertz CT molecular complexity index is 871. The second-order valence-electron chi connectivity index (χ2n) is 6.32. The lowest BCUT2D eigenvalue weighted by atomic mass is 9.95. The fourth-order valence-electron chi connectivity index (χ4n) is 3.32. The van der Waals surface area contributed by atoms with Gasteiger partial charge in [-0.15, -0.1) is 0 Å². The number of nitrogens with zero attached hydrogens (tertiary/aromatic N) is 1. The highest BCUT2D eigenvalue weighted by atomic mass is 16.5. The Morgan fingerprint density at radius 2 is 2.11 bits per heavy atom. The first-order valence-corrected chi connectivity index (χ1v) is 9.12. The van der Waals surface area contributed by atoms with Crippen LogP contribution < -0.4 is 4.74 Å². The minimum atomic E-state index is -0.734. The van der Waals surface area contributed by atoms with Gasteiger partial charge in [-0.1, -0.05) is 12.1 Å². The van der Waals surface area contributed by atoms with Crippen molar-refractivity contribution in [3.05, 3.63) is 65.3 Å². The number of carbonyl (C=O) groups is 2. The summed E-state index contributed by atoms with van der Waals surface area (Å²) in [6.07, 6.45) is 1.95. The quantitative estimate of drug-likeness (QED) is 0.526. The summed E-state index contributed by atoms with van der Waals surface area (Å²) < 4.78 is 15.8. The molecular weight excluding hydrogens is 362 g/mol. The van der Waals surface area contributed by atoms with Gasteiger partial charge in [-0.2, -0.15) is 0 Å². The molecule has 1 aliphatic heterocycles. The zero-order valence-corrected chi connectivity index (χ0v) is 15.9. The van der Waals surface area contributed by atoms with Crippen LogP contribution in [0, 0.1) is 0 Å². The summed E-state index contributed by atoms with van der Waals surface area (Å²) >= 11 is 0. The maximum absolute atomic E-state index is 13.0. The summed E-state index contributed by atoms with van der Waals surface area (Å²) in [5, 5.41) is 10.5. The van der Waals surface area contributed by atoms with Crippen molar-refractivity contribution in [2.45, 2.75) is 19.4 Å². The van der Waals surface area contributed by atoms with E-state index in [2.05, 4.69) is 0 Å². The summed E-state index contributed by atoms with van der Waals surface area (Å²) in [4.78, 5) is 27.2. The maximum atomic E-state index is 13.0. The first-order chi connectivity index (χ1) is 13.6. The number of benzene rings is 1. The van der Waals surface area contributed by atoms with E-state index < -0.39 is 23.5 Å². The van der Waals surface area contributed by atoms with Crippen molar-refractivity contribution in [3.8, 4) is 5.75 Å². The minimum Gasteiger partial charge on any atom is -0.503 e. The lowest BCUT2D eigenvalue weighted by molar-refractivity contribution is -0.129. The van der Waals surface area contributed by atoms with E-state index in [1.807, 2.05) is 6.92 Å². The van der Waals surface area contributed by atoms with Crippen LogP contribution in [0.4, 0.5) is 0 Å². The van der Waals surface area contributed by atoms with E-state index in [4.69, 9.17) is 13.9 Å². The first-order valence-electron chi connectivity index (χ1n) is 9.12. The van der Waals surface area contributed by atoms with Crippen molar-refractivity contribution in [1.82, 2.24) is 4.90 Å². The van der Waals surface area contributed by atoms with Crippen LogP contribution in [0.3, 0.4) is 0 Å².